The summed E-state index contributed by atoms with van der Waals surface area (Å²) in [4.78, 5) is 33.4. The van der Waals surface area contributed by atoms with Gasteiger partial charge in [-0.2, -0.15) is 5.10 Å². The first-order chi connectivity index (χ1) is 19.0. The lowest BCUT2D eigenvalue weighted by molar-refractivity contribution is -0.116. The van der Waals surface area contributed by atoms with Gasteiger partial charge in [-0.05, 0) is 36.8 Å². The summed E-state index contributed by atoms with van der Waals surface area (Å²) in [5, 5.41) is 11.0. The summed E-state index contributed by atoms with van der Waals surface area (Å²) in [5.41, 5.74) is 5.73. The number of amides is 1. The maximum atomic E-state index is 14.2. The average Bonchev–Trinajstić information content (AvgIpc) is 3.56. The molecule has 11 heteroatoms. The standard InChI is InChI=1S/C28H23FN8O2/c1-3-4-23(38)33-19-8-16(12-30-14-19)17-10-21-25(36-37-27(21)32-13-17)28-34-22-5-6-31-24(26(22)35-28)15-7-18(29)11-20(9-15)39-2/h5-14H,3-4H2,1-2H3,(H,33,38)(H,34,35)(H,32,36,37). The smallest absolute Gasteiger partial charge is 0.224 e. The van der Waals surface area contributed by atoms with Crippen LogP contribution in [0.15, 0.2) is 61.2 Å². The molecule has 194 valence electrons. The van der Waals surface area contributed by atoms with Crippen molar-refractivity contribution in [2.24, 2.45) is 0 Å². The second-order valence-corrected chi connectivity index (χ2v) is 8.98. The third kappa shape index (κ3) is 4.65. The molecule has 0 saturated carbocycles. The van der Waals surface area contributed by atoms with Crippen molar-refractivity contribution in [2.45, 2.75) is 19.8 Å². The number of carbonyl (C=O) groups excluding carboxylic acids is 1. The van der Waals surface area contributed by atoms with E-state index in [-0.39, 0.29) is 5.91 Å². The molecule has 6 rings (SSSR count). The molecule has 0 spiro atoms. The van der Waals surface area contributed by atoms with E-state index >= 15 is 0 Å². The number of nitrogens with one attached hydrogen (secondary N) is 3. The fourth-order valence-electron chi connectivity index (χ4n) is 4.44. The Morgan fingerprint density at radius 3 is 2.77 bits per heavy atom. The Kier molecular flexibility index (Phi) is 6.16. The predicted molar refractivity (Wildman–Crippen MR) is 145 cm³/mol. The lowest BCUT2D eigenvalue weighted by Crippen LogP contribution is -2.10. The molecule has 0 aliphatic heterocycles. The molecule has 10 nitrogen and oxygen atoms in total. The zero-order chi connectivity index (χ0) is 26.9. The van der Waals surface area contributed by atoms with Gasteiger partial charge in [-0.3, -0.25) is 19.9 Å². The van der Waals surface area contributed by atoms with Gasteiger partial charge in [-0.25, -0.2) is 14.4 Å². The highest BCUT2D eigenvalue weighted by molar-refractivity contribution is 5.96. The number of fused-ring (bicyclic) bond motifs is 2. The quantitative estimate of drug-likeness (QED) is 0.252. The Bertz CT molecular complexity index is 1840. The first-order valence-electron chi connectivity index (χ1n) is 12.3. The van der Waals surface area contributed by atoms with Crippen molar-refractivity contribution in [3.63, 3.8) is 0 Å². The molecule has 5 aromatic heterocycles. The number of aromatic nitrogens is 7. The molecule has 0 saturated heterocycles. The lowest BCUT2D eigenvalue weighted by atomic mass is 10.1. The molecule has 0 unspecified atom stereocenters. The number of methoxy groups -OCH3 is 1. The zero-order valence-electron chi connectivity index (χ0n) is 21.1. The van der Waals surface area contributed by atoms with E-state index in [0.29, 0.717) is 51.8 Å². The highest BCUT2D eigenvalue weighted by Crippen LogP contribution is 2.33. The Morgan fingerprint density at radius 2 is 1.92 bits per heavy atom. The number of imidazole rings is 1. The molecule has 0 aliphatic rings. The van der Waals surface area contributed by atoms with E-state index in [0.717, 1.165) is 28.5 Å². The van der Waals surface area contributed by atoms with Crippen LogP contribution in [0.5, 0.6) is 5.75 Å². The van der Waals surface area contributed by atoms with Gasteiger partial charge in [0, 0.05) is 47.8 Å². The minimum Gasteiger partial charge on any atom is -0.497 e. The number of aromatic amines is 2. The number of pyridine rings is 3. The fourth-order valence-corrected chi connectivity index (χ4v) is 4.44. The molecule has 0 radical (unpaired) electrons. The van der Waals surface area contributed by atoms with Crippen LogP contribution in [0.3, 0.4) is 0 Å². The molecule has 1 aromatic carbocycles. The highest BCUT2D eigenvalue weighted by Gasteiger charge is 2.17. The molecular formula is C28H23FN8O2. The van der Waals surface area contributed by atoms with Gasteiger partial charge in [0.2, 0.25) is 5.91 Å². The molecule has 0 fully saturated rings. The van der Waals surface area contributed by atoms with Crippen molar-refractivity contribution in [3.8, 4) is 39.7 Å². The molecule has 39 heavy (non-hydrogen) atoms. The van der Waals surface area contributed by atoms with Crippen LogP contribution in [-0.2, 0) is 4.79 Å². The first kappa shape index (κ1) is 24.2. The maximum Gasteiger partial charge on any atom is 0.224 e. The molecule has 0 aliphatic carbocycles. The predicted octanol–water partition coefficient (Wildman–Crippen LogP) is 5.51. The summed E-state index contributed by atoms with van der Waals surface area (Å²) in [6.07, 6.45) is 7.88. The third-order valence-electron chi connectivity index (χ3n) is 6.26. The zero-order valence-corrected chi connectivity index (χ0v) is 21.1. The number of hydrogen-bond acceptors (Lipinski definition) is 7. The van der Waals surface area contributed by atoms with Crippen LogP contribution in [0, 0.1) is 5.82 Å². The van der Waals surface area contributed by atoms with E-state index < -0.39 is 5.82 Å². The highest BCUT2D eigenvalue weighted by atomic mass is 19.1. The van der Waals surface area contributed by atoms with Crippen molar-refractivity contribution in [1.29, 1.82) is 0 Å². The van der Waals surface area contributed by atoms with E-state index in [4.69, 9.17) is 9.72 Å². The van der Waals surface area contributed by atoms with E-state index in [1.807, 2.05) is 19.1 Å². The van der Waals surface area contributed by atoms with E-state index in [9.17, 15) is 9.18 Å². The largest absolute Gasteiger partial charge is 0.497 e. The summed E-state index contributed by atoms with van der Waals surface area (Å²) in [7, 11) is 1.49. The second kappa shape index (κ2) is 9.93. The topological polar surface area (TPSA) is 134 Å². The van der Waals surface area contributed by atoms with Crippen molar-refractivity contribution < 1.29 is 13.9 Å². The minimum absolute atomic E-state index is 0.0578. The van der Waals surface area contributed by atoms with Crippen LogP contribution in [0.25, 0.3) is 56.0 Å². The van der Waals surface area contributed by atoms with Gasteiger partial charge >= 0.3 is 0 Å². The molecule has 5 heterocycles. The maximum absolute atomic E-state index is 14.2. The van der Waals surface area contributed by atoms with Gasteiger partial charge in [0.15, 0.2) is 11.5 Å². The normalized spacial score (nSPS) is 11.3. The van der Waals surface area contributed by atoms with Crippen LogP contribution in [0.2, 0.25) is 0 Å². The summed E-state index contributed by atoms with van der Waals surface area (Å²) in [6.45, 7) is 1.95. The summed E-state index contributed by atoms with van der Waals surface area (Å²) in [6, 6.07) is 10.0. The Labute approximate surface area is 221 Å². The van der Waals surface area contributed by atoms with Gasteiger partial charge in [0.05, 0.1) is 35.6 Å². The van der Waals surface area contributed by atoms with Gasteiger partial charge in [-0.15, -0.1) is 0 Å². The van der Waals surface area contributed by atoms with Crippen LogP contribution in [-0.4, -0.2) is 48.1 Å². The monoisotopic (exact) mass is 522 g/mol. The molecule has 0 atom stereocenters. The van der Waals surface area contributed by atoms with Crippen molar-refractivity contribution in [2.75, 3.05) is 12.4 Å². The van der Waals surface area contributed by atoms with Crippen LogP contribution < -0.4 is 10.1 Å². The van der Waals surface area contributed by atoms with E-state index in [2.05, 4.69) is 35.5 Å². The second-order valence-electron chi connectivity index (χ2n) is 8.98. The number of nitrogens with zero attached hydrogens (tertiary/aromatic N) is 5. The summed E-state index contributed by atoms with van der Waals surface area (Å²) in [5.74, 6) is 0.433. The molecule has 1 amide bonds. The van der Waals surface area contributed by atoms with Crippen molar-refractivity contribution >= 4 is 33.7 Å². The van der Waals surface area contributed by atoms with Gasteiger partial charge < -0.3 is 15.0 Å². The van der Waals surface area contributed by atoms with Crippen molar-refractivity contribution in [3.05, 3.63) is 67.0 Å². The van der Waals surface area contributed by atoms with Gasteiger partial charge in [0.1, 0.15) is 22.8 Å². The van der Waals surface area contributed by atoms with Crippen LogP contribution in [0.4, 0.5) is 10.1 Å². The Morgan fingerprint density at radius 1 is 1.05 bits per heavy atom. The SMILES string of the molecule is CCCC(=O)Nc1cncc(-c2cnc3n[nH]c(-c4nc5c(-c6cc(F)cc(OC)c6)nccc5[nH]4)c3c2)c1. The number of ether oxygens (including phenoxy) is 1. The van der Waals surface area contributed by atoms with Crippen LogP contribution in [0.1, 0.15) is 19.8 Å². The fraction of sp³-hybridized carbons (Fsp3) is 0.143. The minimum atomic E-state index is -0.430. The Hall–Kier alpha value is -5.19. The number of carbonyl (C=O) groups is 1. The molecule has 3 N–H and O–H groups in total. The lowest BCUT2D eigenvalue weighted by Gasteiger charge is -2.07. The van der Waals surface area contributed by atoms with E-state index in [1.54, 1.807) is 36.9 Å². The number of halogens is 1. The van der Waals surface area contributed by atoms with Crippen molar-refractivity contribution in [1.82, 2.24) is 35.1 Å². The van der Waals surface area contributed by atoms with Gasteiger partial charge in [0.25, 0.3) is 0 Å². The molecule has 6 aromatic rings. The number of anilines is 1. The van der Waals surface area contributed by atoms with Crippen LogP contribution >= 0.6 is 0 Å². The molecular weight excluding hydrogens is 499 g/mol. The number of benzene rings is 1. The number of hydrogen-bond donors (Lipinski definition) is 3. The molecule has 0 bridgehead atoms. The summed E-state index contributed by atoms with van der Waals surface area (Å²) >= 11 is 0. The summed E-state index contributed by atoms with van der Waals surface area (Å²) < 4.78 is 19.4. The first-order valence-corrected chi connectivity index (χ1v) is 12.3. The Balaban J connectivity index is 1.40. The van der Waals surface area contributed by atoms with E-state index in [1.165, 1.54) is 19.2 Å². The average molecular weight is 523 g/mol. The number of rotatable bonds is 7. The third-order valence-corrected chi connectivity index (χ3v) is 6.26. The van der Waals surface area contributed by atoms with Gasteiger partial charge in [-0.1, -0.05) is 6.92 Å². The number of H-pyrrole nitrogens is 2.